The molecule has 2 aromatic rings. The highest BCUT2D eigenvalue weighted by Crippen LogP contribution is 2.28. The Kier molecular flexibility index (Phi) is 7.16. The van der Waals surface area contributed by atoms with Crippen LogP contribution in [0.2, 0.25) is 0 Å². The quantitative estimate of drug-likeness (QED) is 0.518. The number of anilines is 1. The number of ether oxygens (including phenoxy) is 2. The van der Waals surface area contributed by atoms with E-state index in [0.717, 1.165) is 24.2 Å². The van der Waals surface area contributed by atoms with Gasteiger partial charge >= 0.3 is 12.1 Å². The predicted octanol–water partition coefficient (Wildman–Crippen LogP) is 3.44. The van der Waals surface area contributed by atoms with Crippen molar-refractivity contribution in [2.24, 2.45) is 0 Å². The molecule has 0 bridgehead atoms. The average Bonchev–Trinajstić information content (AvgIpc) is 3.08. The van der Waals surface area contributed by atoms with E-state index in [-0.39, 0.29) is 5.13 Å². The number of benzene rings is 1. The molecule has 1 aromatic heterocycles. The third-order valence-corrected chi connectivity index (χ3v) is 3.87. The smallest absolute Gasteiger partial charge is 0.493 e. The topological polar surface area (TPSA) is 82.6 Å². The fourth-order valence-corrected chi connectivity index (χ4v) is 2.44. The number of hydrogen-bond acceptors (Lipinski definition) is 8. The molecule has 1 N–H and O–H groups in total. The molecule has 0 saturated carbocycles. The largest absolute Gasteiger partial charge is 0.494 e. The van der Waals surface area contributed by atoms with Crippen molar-refractivity contribution >= 4 is 22.4 Å². The Morgan fingerprint density at radius 3 is 2.50 bits per heavy atom. The number of methoxy groups -OCH3 is 1. The molecule has 0 radical (unpaired) electrons. The molecule has 1 heterocycles. The molecule has 0 amide bonds. The maximum absolute atomic E-state index is 12.0. The normalized spacial score (nSPS) is 11.2. The monoisotopic (exact) mass is 391 g/mol. The van der Waals surface area contributed by atoms with Crippen LogP contribution >= 0.6 is 11.3 Å². The average molecular weight is 391 g/mol. The number of halogens is 3. The van der Waals surface area contributed by atoms with Gasteiger partial charge in [0, 0.05) is 19.3 Å². The number of nitrogens with one attached hydrogen (secondary N) is 1. The summed E-state index contributed by atoms with van der Waals surface area (Å²) in [6.07, 6.45) is -3.30. The minimum atomic E-state index is -5.08. The van der Waals surface area contributed by atoms with Gasteiger partial charge in [0.15, 0.2) is 0 Å². The maximum atomic E-state index is 12.0. The van der Waals surface area contributed by atoms with Gasteiger partial charge in [-0.2, -0.15) is 18.7 Å². The molecule has 7 nitrogen and oxygen atoms in total. The summed E-state index contributed by atoms with van der Waals surface area (Å²) in [5.41, 5.74) is 2.54. The SMILES string of the molecule is COCCCCOc1ccc(-c2nnc(NOC(=O)C(F)(F)F)s2)cc1. The minimum Gasteiger partial charge on any atom is -0.494 e. The van der Waals surface area contributed by atoms with Crippen LogP contribution in [0.1, 0.15) is 12.8 Å². The van der Waals surface area contributed by atoms with Gasteiger partial charge in [-0.3, -0.25) is 0 Å². The Bertz CT molecular complexity index is 707. The van der Waals surface area contributed by atoms with Gasteiger partial charge in [-0.05, 0) is 37.1 Å². The van der Waals surface area contributed by atoms with Gasteiger partial charge in [0.05, 0.1) is 6.61 Å². The molecule has 0 saturated heterocycles. The van der Waals surface area contributed by atoms with E-state index < -0.39 is 12.1 Å². The third-order valence-electron chi connectivity index (χ3n) is 3.00. The standard InChI is InChI=1S/C15H16F3N3O4S/c1-23-8-2-3-9-24-11-6-4-10(5-7-11)12-19-20-14(26-12)21-25-13(22)15(16,17)18/h4-7H,2-3,8-9H2,1H3,(H,20,21). The molecular weight excluding hydrogens is 375 g/mol. The summed E-state index contributed by atoms with van der Waals surface area (Å²) in [6, 6.07) is 7.00. The first kappa shape index (κ1) is 19.9. The highest BCUT2D eigenvalue weighted by atomic mass is 32.1. The van der Waals surface area contributed by atoms with Crippen LogP contribution in [-0.2, 0) is 14.4 Å². The first-order chi connectivity index (χ1) is 12.4. The van der Waals surface area contributed by atoms with Gasteiger partial charge in [0.25, 0.3) is 0 Å². The van der Waals surface area contributed by atoms with Crippen molar-refractivity contribution in [3.05, 3.63) is 24.3 Å². The second-order valence-corrected chi connectivity index (χ2v) is 5.95. The van der Waals surface area contributed by atoms with Gasteiger partial charge in [0.2, 0.25) is 5.13 Å². The van der Waals surface area contributed by atoms with Crippen LogP contribution in [-0.4, -0.2) is 42.7 Å². The molecule has 0 unspecified atom stereocenters. The van der Waals surface area contributed by atoms with Crippen LogP contribution in [0.25, 0.3) is 10.6 Å². The van der Waals surface area contributed by atoms with Gasteiger partial charge in [-0.15, -0.1) is 10.2 Å². The van der Waals surface area contributed by atoms with Crippen molar-refractivity contribution in [1.82, 2.24) is 10.2 Å². The van der Waals surface area contributed by atoms with Gasteiger partial charge in [0.1, 0.15) is 10.8 Å². The first-order valence-electron chi connectivity index (χ1n) is 7.50. The summed E-state index contributed by atoms with van der Waals surface area (Å²) in [6.45, 7) is 1.26. The lowest BCUT2D eigenvalue weighted by Crippen LogP contribution is -2.27. The fraction of sp³-hybridized carbons (Fsp3) is 0.400. The van der Waals surface area contributed by atoms with E-state index >= 15 is 0 Å². The van der Waals surface area contributed by atoms with Crippen molar-refractivity contribution in [3.63, 3.8) is 0 Å². The van der Waals surface area contributed by atoms with Gasteiger partial charge in [-0.25, -0.2) is 4.79 Å². The lowest BCUT2D eigenvalue weighted by atomic mass is 10.2. The van der Waals surface area contributed by atoms with Crippen LogP contribution in [0, 0.1) is 0 Å². The summed E-state index contributed by atoms with van der Waals surface area (Å²) >= 11 is 0.939. The molecule has 26 heavy (non-hydrogen) atoms. The maximum Gasteiger partial charge on any atom is 0.493 e. The van der Waals surface area contributed by atoms with Crippen LogP contribution in [0.4, 0.5) is 18.3 Å². The minimum absolute atomic E-state index is 0.0731. The number of carbonyl (C=O) groups excluding carboxylic acids is 1. The van der Waals surface area contributed by atoms with Gasteiger partial charge < -0.3 is 14.3 Å². The Morgan fingerprint density at radius 1 is 1.15 bits per heavy atom. The zero-order chi connectivity index (χ0) is 19.0. The summed E-state index contributed by atoms with van der Waals surface area (Å²) in [7, 11) is 1.65. The van der Waals surface area contributed by atoms with Crippen molar-refractivity contribution in [2.45, 2.75) is 19.0 Å². The van der Waals surface area contributed by atoms with Crippen molar-refractivity contribution in [3.8, 4) is 16.3 Å². The number of aromatic nitrogens is 2. The van der Waals surface area contributed by atoms with E-state index in [1.807, 2.05) is 5.48 Å². The van der Waals surface area contributed by atoms with Crippen LogP contribution in [0.3, 0.4) is 0 Å². The molecule has 0 aliphatic rings. The van der Waals surface area contributed by atoms with Crippen LogP contribution in [0.15, 0.2) is 24.3 Å². The lowest BCUT2D eigenvalue weighted by Gasteiger charge is -2.06. The van der Waals surface area contributed by atoms with E-state index in [4.69, 9.17) is 9.47 Å². The Hall–Kier alpha value is -2.40. The molecular formula is C15H16F3N3O4S. The third kappa shape index (κ3) is 6.15. The summed E-state index contributed by atoms with van der Waals surface area (Å²) < 4.78 is 46.7. The Morgan fingerprint density at radius 2 is 1.85 bits per heavy atom. The lowest BCUT2D eigenvalue weighted by molar-refractivity contribution is -0.196. The predicted molar refractivity (Wildman–Crippen MR) is 87.7 cm³/mol. The zero-order valence-electron chi connectivity index (χ0n) is 13.7. The molecule has 142 valence electrons. The van der Waals surface area contributed by atoms with E-state index in [2.05, 4.69) is 15.0 Å². The van der Waals surface area contributed by atoms with Gasteiger partial charge in [-0.1, -0.05) is 11.3 Å². The number of nitrogens with zero attached hydrogens (tertiary/aromatic N) is 2. The molecule has 0 fully saturated rings. The van der Waals surface area contributed by atoms with Crippen LogP contribution < -0.4 is 10.2 Å². The van der Waals surface area contributed by atoms with E-state index in [9.17, 15) is 18.0 Å². The first-order valence-corrected chi connectivity index (χ1v) is 8.31. The Balaban J connectivity index is 1.85. The molecule has 0 atom stereocenters. The molecule has 1 aromatic carbocycles. The molecule has 0 aliphatic heterocycles. The fourth-order valence-electron chi connectivity index (χ4n) is 1.76. The molecule has 0 aliphatic carbocycles. The van der Waals surface area contributed by atoms with E-state index in [1.165, 1.54) is 0 Å². The van der Waals surface area contributed by atoms with Crippen molar-refractivity contribution in [1.29, 1.82) is 0 Å². The second-order valence-electron chi connectivity index (χ2n) is 4.97. The van der Waals surface area contributed by atoms with Crippen LogP contribution in [0.5, 0.6) is 5.75 Å². The highest BCUT2D eigenvalue weighted by molar-refractivity contribution is 7.18. The summed E-state index contributed by atoms with van der Waals surface area (Å²) in [5.74, 6) is -1.67. The second kappa shape index (κ2) is 9.34. The summed E-state index contributed by atoms with van der Waals surface area (Å²) in [4.78, 5) is 14.5. The van der Waals surface area contributed by atoms with Crippen molar-refractivity contribution < 1.29 is 32.3 Å². The zero-order valence-corrected chi connectivity index (χ0v) is 14.5. The number of rotatable bonds is 9. The number of hydrogen-bond donors (Lipinski definition) is 1. The van der Waals surface area contributed by atoms with E-state index in [1.54, 1.807) is 31.4 Å². The van der Waals surface area contributed by atoms with Crippen molar-refractivity contribution in [2.75, 3.05) is 25.8 Å². The summed E-state index contributed by atoms with van der Waals surface area (Å²) in [5, 5.41) is 7.82. The molecule has 2 rings (SSSR count). The number of unbranched alkanes of at least 4 members (excludes halogenated alkanes) is 1. The molecule has 11 heteroatoms. The number of carbonyl (C=O) groups is 1. The Labute approximate surface area is 151 Å². The van der Waals surface area contributed by atoms with E-state index in [0.29, 0.717) is 29.5 Å². The molecule has 0 spiro atoms. The number of alkyl halides is 3. The highest BCUT2D eigenvalue weighted by Gasteiger charge is 2.41.